The predicted octanol–water partition coefficient (Wildman–Crippen LogP) is 0.114. The highest BCUT2D eigenvalue weighted by Gasteiger charge is 2.35. The van der Waals surface area contributed by atoms with Gasteiger partial charge in [-0.25, -0.2) is 4.98 Å². The molecular formula is C16H16N6O4. The SMILES string of the molecule is O=C(Nc1nnnc2c1ncn2[C@@H]1C[C@H](O)[C@@H](CO)O1)c1ccccc1. The minimum Gasteiger partial charge on any atom is -0.394 e. The third-order valence-electron chi connectivity index (χ3n) is 4.24. The summed E-state index contributed by atoms with van der Waals surface area (Å²) in [6.07, 6.45) is -0.219. The van der Waals surface area contributed by atoms with Gasteiger partial charge in [0.1, 0.15) is 12.3 Å². The molecule has 3 heterocycles. The maximum absolute atomic E-state index is 12.3. The molecule has 1 aromatic carbocycles. The molecule has 134 valence electrons. The van der Waals surface area contributed by atoms with Crippen LogP contribution in [0.2, 0.25) is 0 Å². The van der Waals surface area contributed by atoms with E-state index in [0.717, 1.165) is 0 Å². The molecule has 0 spiro atoms. The van der Waals surface area contributed by atoms with Crippen LogP contribution in [0.3, 0.4) is 0 Å². The van der Waals surface area contributed by atoms with Gasteiger partial charge < -0.3 is 20.3 Å². The number of fused-ring (bicyclic) bond motifs is 1. The second kappa shape index (κ2) is 6.75. The van der Waals surface area contributed by atoms with Gasteiger partial charge in [-0.1, -0.05) is 18.2 Å². The summed E-state index contributed by atoms with van der Waals surface area (Å²) in [6, 6.07) is 8.71. The first-order valence-corrected chi connectivity index (χ1v) is 8.04. The van der Waals surface area contributed by atoms with Gasteiger partial charge in [-0.15, -0.1) is 10.2 Å². The first-order valence-electron chi connectivity index (χ1n) is 8.04. The van der Waals surface area contributed by atoms with Gasteiger partial charge in [-0.2, -0.15) is 0 Å². The number of aromatic nitrogens is 5. The Hall–Kier alpha value is -2.95. The number of anilines is 1. The highest BCUT2D eigenvalue weighted by Crippen LogP contribution is 2.31. The zero-order chi connectivity index (χ0) is 18.1. The lowest BCUT2D eigenvalue weighted by atomic mass is 10.2. The fourth-order valence-electron chi connectivity index (χ4n) is 2.89. The van der Waals surface area contributed by atoms with Crippen LogP contribution in [-0.2, 0) is 4.74 Å². The summed E-state index contributed by atoms with van der Waals surface area (Å²) in [6.45, 7) is -0.282. The zero-order valence-corrected chi connectivity index (χ0v) is 13.6. The number of ether oxygens (including phenoxy) is 1. The number of carbonyl (C=O) groups is 1. The molecule has 1 amide bonds. The number of hydrogen-bond donors (Lipinski definition) is 3. The third kappa shape index (κ3) is 2.90. The van der Waals surface area contributed by atoms with E-state index in [0.29, 0.717) is 16.7 Å². The molecule has 3 aromatic rings. The van der Waals surface area contributed by atoms with E-state index in [1.54, 1.807) is 28.8 Å². The number of amides is 1. The number of carbonyl (C=O) groups excluding carboxylic acids is 1. The van der Waals surface area contributed by atoms with E-state index < -0.39 is 18.4 Å². The lowest BCUT2D eigenvalue weighted by Gasteiger charge is -2.13. The molecule has 0 saturated carbocycles. The van der Waals surface area contributed by atoms with Crippen molar-refractivity contribution < 1.29 is 19.7 Å². The average Bonchev–Trinajstić information content (AvgIpc) is 3.26. The van der Waals surface area contributed by atoms with Crippen LogP contribution < -0.4 is 5.32 Å². The average molecular weight is 356 g/mol. The molecule has 1 aliphatic heterocycles. The summed E-state index contributed by atoms with van der Waals surface area (Å²) < 4.78 is 7.21. The van der Waals surface area contributed by atoms with Crippen LogP contribution in [0.1, 0.15) is 23.0 Å². The molecule has 1 fully saturated rings. The van der Waals surface area contributed by atoms with Crippen LogP contribution in [0.4, 0.5) is 5.82 Å². The number of nitrogens with zero attached hydrogens (tertiary/aromatic N) is 5. The number of benzene rings is 1. The van der Waals surface area contributed by atoms with Gasteiger partial charge in [-0.3, -0.25) is 9.36 Å². The maximum Gasteiger partial charge on any atom is 0.256 e. The Bertz CT molecular complexity index is 931. The van der Waals surface area contributed by atoms with Crippen LogP contribution >= 0.6 is 0 Å². The Morgan fingerprint density at radius 3 is 2.85 bits per heavy atom. The van der Waals surface area contributed by atoms with Gasteiger partial charge >= 0.3 is 0 Å². The third-order valence-corrected chi connectivity index (χ3v) is 4.24. The highest BCUT2D eigenvalue weighted by atomic mass is 16.5. The van der Waals surface area contributed by atoms with Crippen LogP contribution in [0.25, 0.3) is 11.2 Å². The smallest absolute Gasteiger partial charge is 0.256 e. The van der Waals surface area contributed by atoms with Crippen molar-refractivity contribution in [1.82, 2.24) is 25.0 Å². The molecule has 4 rings (SSSR count). The van der Waals surface area contributed by atoms with Gasteiger partial charge in [0.25, 0.3) is 5.91 Å². The Balaban J connectivity index is 1.63. The normalized spacial score (nSPS) is 22.6. The van der Waals surface area contributed by atoms with E-state index in [4.69, 9.17) is 4.74 Å². The second-order valence-corrected chi connectivity index (χ2v) is 5.90. The monoisotopic (exact) mass is 356 g/mol. The number of aliphatic hydroxyl groups excluding tert-OH is 2. The minimum atomic E-state index is -0.783. The van der Waals surface area contributed by atoms with Gasteiger partial charge in [0.05, 0.1) is 19.0 Å². The molecule has 2 aromatic heterocycles. The molecule has 10 nitrogen and oxygen atoms in total. The van der Waals surface area contributed by atoms with Gasteiger partial charge in [0, 0.05) is 12.0 Å². The first-order chi connectivity index (χ1) is 12.7. The topological polar surface area (TPSA) is 135 Å². The van der Waals surface area contributed by atoms with Crippen molar-refractivity contribution in [2.45, 2.75) is 24.9 Å². The van der Waals surface area contributed by atoms with E-state index in [1.165, 1.54) is 6.33 Å². The molecule has 0 unspecified atom stereocenters. The van der Waals surface area contributed by atoms with Gasteiger partial charge in [-0.05, 0) is 17.3 Å². The summed E-state index contributed by atoms with van der Waals surface area (Å²) in [5, 5.41) is 33.3. The highest BCUT2D eigenvalue weighted by molar-refractivity contribution is 6.06. The van der Waals surface area contributed by atoms with Crippen LogP contribution in [0.15, 0.2) is 36.7 Å². The molecule has 0 bridgehead atoms. The Morgan fingerprint density at radius 2 is 2.12 bits per heavy atom. The number of aliphatic hydroxyl groups is 2. The second-order valence-electron chi connectivity index (χ2n) is 5.90. The molecule has 3 N–H and O–H groups in total. The molecule has 26 heavy (non-hydrogen) atoms. The van der Waals surface area contributed by atoms with Crippen molar-refractivity contribution in [3.63, 3.8) is 0 Å². The molecular weight excluding hydrogens is 340 g/mol. The van der Waals surface area contributed by atoms with Crippen molar-refractivity contribution in [1.29, 1.82) is 0 Å². The van der Waals surface area contributed by atoms with Crippen molar-refractivity contribution in [2.24, 2.45) is 0 Å². The fourth-order valence-corrected chi connectivity index (χ4v) is 2.89. The Morgan fingerprint density at radius 1 is 1.31 bits per heavy atom. The summed E-state index contributed by atoms with van der Waals surface area (Å²) >= 11 is 0. The molecule has 1 saturated heterocycles. The number of hydrogen-bond acceptors (Lipinski definition) is 8. The van der Waals surface area contributed by atoms with Crippen LogP contribution in [0, 0.1) is 0 Å². The van der Waals surface area contributed by atoms with E-state index in [9.17, 15) is 15.0 Å². The quantitative estimate of drug-likeness (QED) is 0.599. The largest absolute Gasteiger partial charge is 0.394 e. The maximum atomic E-state index is 12.3. The van der Waals surface area contributed by atoms with E-state index in [-0.39, 0.29) is 24.8 Å². The number of rotatable bonds is 4. The summed E-state index contributed by atoms with van der Waals surface area (Å²) in [5.41, 5.74) is 1.20. The lowest BCUT2D eigenvalue weighted by molar-refractivity contribution is -0.0432. The summed E-state index contributed by atoms with van der Waals surface area (Å²) in [7, 11) is 0. The fraction of sp³-hybridized carbons (Fsp3) is 0.312. The standard InChI is InChI=1S/C16H16N6O4/c23-7-11-10(24)6-12(26-11)22-8-17-13-14(19-21-20-15(13)22)18-16(25)9-4-2-1-3-5-9/h1-5,8,10-12,23-24H,6-7H2,(H,18,19,20,25)/t10-,11+,12-/m0/s1. The minimum absolute atomic E-state index is 0.180. The molecule has 0 radical (unpaired) electrons. The van der Waals surface area contributed by atoms with E-state index in [1.807, 2.05) is 6.07 Å². The molecule has 1 aliphatic rings. The lowest BCUT2D eigenvalue weighted by Crippen LogP contribution is -2.24. The van der Waals surface area contributed by atoms with E-state index >= 15 is 0 Å². The van der Waals surface area contributed by atoms with Crippen molar-refractivity contribution in [3.8, 4) is 0 Å². The van der Waals surface area contributed by atoms with Gasteiger partial charge in [0.2, 0.25) is 0 Å². The van der Waals surface area contributed by atoms with Crippen LogP contribution in [0.5, 0.6) is 0 Å². The molecule has 0 aliphatic carbocycles. The van der Waals surface area contributed by atoms with Crippen LogP contribution in [-0.4, -0.2) is 59.9 Å². The van der Waals surface area contributed by atoms with Crippen molar-refractivity contribution in [3.05, 3.63) is 42.2 Å². The summed E-state index contributed by atoms with van der Waals surface area (Å²) in [5.74, 6) is -0.158. The van der Waals surface area contributed by atoms with Crippen molar-refractivity contribution in [2.75, 3.05) is 11.9 Å². The van der Waals surface area contributed by atoms with Gasteiger partial charge in [0.15, 0.2) is 17.0 Å². The summed E-state index contributed by atoms with van der Waals surface area (Å²) in [4.78, 5) is 16.6. The molecule has 3 atom stereocenters. The van der Waals surface area contributed by atoms with E-state index in [2.05, 4.69) is 25.7 Å². The zero-order valence-electron chi connectivity index (χ0n) is 13.6. The number of imidazole rings is 1. The number of nitrogens with one attached hydrogen (secondary N) is 1. The molecule has 10 heteroatoms. The first kappa shape index (κ1) is 16.5. The predicted molar refractivity (Wildman–Crippen MR) is 89.1 cm³/mol. The van der Waals surface area contributed by atoms with Crippen molar-refractivity contribution >= 4 is 22.9 Å². The Labute approximate surface area is 147 Å². The Kier molecular flexibility index (Phi) is 4.29.